The van der Waals surface area contributed by atoms with E-state index >= 15 is 0 Å². The largest absolute Gasteiger partial charge is 0.461 e. The maximum atomic E-state index is 13.2. The van der Waals surface area contributed by atoms with Gasteiger partial charge in [0, 0.05) is 18.7 Å². The van der Waals surface area contributed by atoms with Gasteiger partial charge in [-0.15, -0.1) is 4.40 Å². The van der Waals surface area contributed by atoms with Crippen molar-refractivity contribution in [3.63, 3.8) is 0 Å². The van der Waals surface area contributed by atoms with Gasteiger partial charge < -0.3 is 9.64 Å². The van der Waals surface area contributed by atoms with Crippen LogP contribution >= 0.6 is 0 Å². The molecule has 0 saturated carbocycles. The fourth-order valence-corrected chi connectivity index (χ4v) is 4.77. The van der Waals surface area contributed by atoms with Crippen molar-refractivity contribution in [1.82, 2.24) is 4.90 Å². The lowest BCUT2D eigenvalue weighted by molar-refractivity contribution is -0.151. The third-order valence-corrected chi connectivity index (χ3v) is 6.34. The molecule has 0 amide bonds. The van der Waals surface area contributed by atoms with Gasteiger partial charge in [0.25, 0.3) is 10.0 Å². The van der Waals surface area contributed by atoms with Gasteiger partial charge in [0.05, 0.1) is 5.92 Å². The van der Waals surface area contributed by atoms with Gasteiger partial charge in [-0.25, -0.2) is 4.39 Å². The lowest BCUT2D eigenvalue weighted by atomic mass is 9.96. The summed E-state index contributed by atoms with van der Waals surface area (Å²) in [6, 6.07) is 12.7. The molecule has 0 unspecified atom stereocenters. The van der Waals surface area contributed by atoms with Crippen molar-refractivity contribution in [3.8, 4) is 0 Å². The summed E-state index contributed by atoms with van der Waals surface area (Å²) < 4.78 is 46.9. The van der Waals surface area contributed by atoms with Crippen LogP contribution in [-0.4, -0.2) is 38.2 Å². The number of amidine groups is 1. The Morgan fingerprint density at radius 1 is 1.14 bits per heavy atom. The summed E-state index contributed by atoms with van der Waals surface area (Å²) in [6.45, 7) is 1.07. The van der Waals surface area contributed by atoms with Crippen LogP contribution in [0.1, 0.15) is 24.0 Å². The van der Waals surface area contributed by atoms with E-state index in [0.717, 1.165) is 0 Å². The van der Waals surface area contributed by atoms with Crippen molar-refractivity contribution in [3.05, 3.63) is 65.5 Å². The number of hydrogen-bond donors (Lipinski definition) is 0. The predicted octanol–water partition coefficient (Wildman–Crippen LogP) is 2.73. The lowest BCUT2D eigenvalue weighted by Gasteiger charge is -2.32. The molecular formula is C20H19FN2O4S. The Morgan fingerprint density at radius 2 is 1.89 bits per heavy atom. The number of esters is 1. The number of carbonyl (C=O) groups is 1. The number of sulfonamides is 1. The molecule has 0 atom stereocenters. The van der Waals surface area contributed by atoms with E-state index in [1.165, 1.54) is 12.1 Å². The Labute approximate surface area is 162 Å². The molecule has 1 fully saturated rings. The standard InChI is InChI=1S/C20H19FN2O4S/c21-16-5-3-4-14(12-16)13-27-20(24)15-8-10-23(11-9-15)19-17-6-1-2-7-18(17)28(25,26)22-19/h1-7,12,15H,8-11,13H2. The Balaban J connectivity index is 1.37. The minimum Gasteiger partial charge on any atom is -0.461 e. The highest BCUT2D eigenvalue weighted by Crippen LogP contribution is 2.30. The first-order valence-corrected chi connectivity index (χ1v) is 10.5. The predicted molar refractivity (Wildman–Crippen MR) is 101 cm³/mol. The summed E-state index contributed by atoms with van der Waals surface area (Å²) in [6.07, 6.45) is 1.09. The van der Waals surface area contributed by atoms with Crippen LogP contribution in [0, 0.1) is 11.7 Å². The fraction of sp³-hybridized carbons (Fsp3) is 0.300. The minimum atomic E-state index is -3.65. The average molecular weight is 402 g/mol. The molecule has 0 radical (unpaired) electrons. The van der Waals surface area contributed by atoms with Crippen LogP contribution < -0.4 is 0 Å². The van der Waals surface area contributed by atoms with Gasteiger partial charge in [0.1, 0.15) is 17.3 Å². The molecule has 2 aromatic carbocycles. The zero-order chi connectivity index (χ0) is 19.7. The quantitative estimate of drug-likeness (QED) is 0.738. The SMILES string of the molecule is O=C(OCc1cccc(F)c1)C1CCN(C2=NS(=O)(=O)c3ccccc32)CC1. The Kier molecular flexibility index (Phi) is 4.89. The number of rotatable bonds is 3. The van der Waals surface area contributed by atoms with Gasteiger partial charge in [-0.1, -0.05) is 24.3 Å². The normalized spacial score (nSPS) is 18.5. The van der Waals surface area contributed by atoms with Gasteiger partial charge in [-0.2, -0.15) is 8.42 Å². The number of carbonyl (C=O) groups excluding carboxylic acids is 1. The van der Waals surface area contributed by atoms with Crippen molar-refractivity contribution < 1.29 is 22.3 Å². The Bertz CT molecular complexity index is 1040. The van der Waals surface area contributed by atoms with Crippen molar-refractivity contribution in [2.75, 3.05) is 13.1 Å². The Hall–Kier alpha value is -2.74. The van der Waals surface area contributed by atoms with Crippen molar-refractivity contribution >= 4 is 21.8 Å². The van der Waals surface area contributed by atoms with E-state index in [9.17, 15) is 17.6 Å². The minimum absolute atomic E-state index is 0.0368. The summed E-state index contributed by atoms with van der Waals surface area (Å²) in [7, 11) is -3.65. The summed E-state index contributed by atoms with van der Waals surface area (Å²) in [5.74, 6) is -0.499. The molecular weight excluding hydrogens is 383 g/mol. The van der Waals surface area contributed by atoms with Crippen LogP contribution in [0.15, 0.2) is 57.8 Å². The first-order valence-electron chi connectivity index (χ1n) is 9.04. The number of hydrogen-bond acceptors (Lipinski definition) is 5. The summed E-state index contributed by atoms with van der Waals surface area (Å²) >= 11 is 0. The first-order chi connectivity index (χ1) is 13.4. The van der Waals surface area contributed by atoms with Gasteiger partial charge in [-0.05, 0) is 42.7 Å². The van der Waals surface area contributed by atoms with E-state index in [2.05, 4.69) is 4.40 Å². The number of benzene rings is 2. The topological polar surface area (TPSA) is 76.0 Å². The van der Waals surface area contributed by atoms with E-state index in [-0.39, 0.29) is 29.2 Å². The molecule has 6 nitrogen and oxygen atoms in total. The highest BCUT2D eigenvalue weighted by Gasteiger charge is 2.34. The maximum absolute atomic E-state index is 13.2. The molecule has 0 N–H and O–H groups in total. The molecule has 2 aliphatic heterocycles. The summed E-state index contributed by atoms with van der Waals surface area (Å²) in [5, 5.41) is 0. The summed E-state index contributed by atoms with van der Waals surface area (Å²) in [4.78, 5) is 14.5. The zero-order valence-corrected chi connectivity index (χ0v) is 15.9. The molecule has 146 valence electrons. The van der Waals surface area contributed by atoms with E-state index in [1.54, 1.807) is 36.4 Å². The van der Waals surface area contributed by atoms with Gasteiger partial charge in [0.15, 0.2) is 5.84 Å². The number of fused-ring (bicyclic) bond motifs is 1. The highest BCUT2D eigenvalue weighted by molar-refractivity contribution is 7.90. The van der Waals surface area contributed by atoms with Crippen LogP contribution in [0.4, 0.5) is 4.39 Å². The molecule has 0 aromatic heterocycles. The second-order valence-corrected chi connectivity index (χ2v) is 8.46. The second kappa shape index (κ2) is 7.35. The van der Waals surface area contributed by atoms with Crippen LogP contribution in [0.3, 0.4) is 0 Å². The maximum Gasteiger partial charge on any atom is 0.309 e. The molecule has 2 heterocycles. The molecule has 2 aromatic rings. The molecule has 0 spiro atoms. The summed E-state index contributed by atoms with van der Waals surface area (Å²) in [5.41, 5.74) is 1.21. The van der Waals surface area contributed by atoms with Crippen LogP contribution in [0.25, 0.3) is 0 Å². The fourth-order valence-electron chi connectivity index (χ4n) is 3.54. The van der Waals surface area contributed by atoms with Crippen molar-refractivity contribution in [2.24, 2.45) is 10.3 Å². The van der Waals surface area contributed by atoms with E-state index in [0.29, 0.717) is 42.9 Å². The van der Waals surface area contributed by atoms with E-state index in [1.807, 2.05) is 4.90 Å². The van der Waals surface area contributed by atoms with Crippen LogP contribution in [0.5, 0.6) is 0 Å². The van der Waals surface area contributed by atoms with Crippen molar-refractivity contribution in [1.29, 1.82) is 0 Å². The number of nitrogens with zero attached hydrogens (tertiary/aromatic N) is 2. The Morgan fingerprint density at radius 3 is 2.64 bits per heavy atom. The molecule has 28 heavy (non-hydrogen) atoms. The van der Waals surface area contributed by atoms with Crippen molar-refractivity contribution in [2.45, 2.75) is 24.3 Å². The highest BCUT2D eigenvalue weighted by atomic mass is 32.2. The average Bonchev–Trinajstić information content (AvgIpc) is 2.98. The number of likely N-dealkylation sites (tertiary alicyclic amines) is 1. The third-order valence-electron chi connectivity index (χ3n) is 5.01. The van der Waals surface area contributed by atoms with Gasteiger partial charge in [-0.3, -0.25) is 4.79 Å². The smallest absolute Gasteiger partial charge is 0.309 e. The second-order valence-electron chi connectivity index (χ2n) is 6.89. The van der Waals surface area contributed by atoms with Crippen LogP contribution in [-0.2, 0) is 26.2 Å². The third kappa shape index (κ3) is 3.64. The van der Waals surface area contributed by atoms with E-state index < -0.39 is 10.0 Å². The van der Waals surface area contributed by atoms with E-state index in [4.69, 9.17) is 4.74 Å². The molecule has 2 aliphatic rings. The molecule has 0 bridgehead atoms. The number of halogens is 1. The monoisotopic (exact) mass is 402 g/mol. The van der Waals surface area contributed by atoms with Gasteiger partial charge in [0.2, 0.25) is 0 Å². The zero-order valence-electron chi connectivity index (χ0n) is 15.0. The molecule has 1 saturated heterocycles. The lowest BCUT2D eigenvalue weighted by Crippen LogP contribution is -2.40. The number of piperidine rings is 1. The number of ether oxygens (including phenoxy) is 1. The molecule has 8 heteroatoms. The molecule has 0 aliphatic carbocycles. The van der Waals surface area contributed by atoms with Gasteiger partial charge >= 0.3 is 5.97 Å². The first kappa shape index (κ1) is 18.6. The molecule has 4 rings (SSSR count). The van der Waals surface area contributed by atoms with Crippen LogP contribution in [0.2, 0.25) is 0 Å².